The SMILES string of the molecule is CCCCC(CC)C(=O)N(CC)C(C)c1nc2ccccc2c(=O)n1-c1ccc(Br)cc1. The molecular weight excluding hydrogens is 466 g/mol. The maximum atomic E-state index is 13.6. The van der Waals surface area contributed by atoms with Crippen molar-refractivity contribution in [2.75, 3.05) is 6.54 Å². The van der Waals surface area contributed by atoms with E-state index in [1.54, 1.807) is 10.6 Å². The second-order valence-corrected chi connectivity index (χ2v) is 9.07. The Morgan fingerprint density at radius 3 is 2.41 bits per heavy atom. The van der Waals surface area contributed by atoms with E-state index in [0.717, 1.165) is 35.8 Å². The van der Waals surface area contributed by atoms with E-state index >= 15 is 0 Å². The van der Waals surface area contributed by atoms with Crippen molar-refractivity contribution in [1.29, 1.82) is 0 Å². The van der Waals surface area contributed by atoms with E-state index in [-0.39, 0.29) is 23.4 Å². The predicted octanol–water partition coefficient (Wildman–Crippen LogP) is 6.27. The lowest BCUT2D eigenvalue weighted by molar-refractivity contribution is -0.138. The summed E-state index contributed by atoms with van der Waals surface area (Å²) in [7, 11) is 0. The Morgan fingerprint density at radius 1 is 1.09 bits per heavy atom. The number of carbonyl (C=O) groups is 1. The van der Waals surface area contributed by atoms with E-state index in [1.165, 1.54) is 0 Å². The quantitative estimate of drug-likeness (QED) is 0.349. The molecule has 5 nitrogen and oxygen atoms in total. The Labute approximate surface area is 198 Å². The van der Waals surface area contributed by atoms with Gasteiger partial charge in [0.25, 0.3) is 5.56 Å². The van der Waals surface area contributed by atoms with Crippen molar-refractivity contribution in [3.63, 3.8) is 0 Å². The van der Waals surface area contributed by atoms with Crippen molar-refractivity contribution in [3.05, 3.63) is 69.2 Å². The van der Waals surface area contributed by atoms with Gasteiger partial charge in [0, 0.05) is 16.9 Å². The van der Waals surface area contributed by atoms with Crippen LogP contribution in [0.15, 0.2) is 57.8 Å². The lowest BCUT2D eigenvalue weighted by Gasteiger charge is -2.32. The number of hydrogen-bond donors (Lipinski definition) is 0. The molecule has 0 saturated heterocycles. The van der Waals surface area contributed by atoms with Crippen LogP contribution in [0.3, 0.4) is 0 Å². The predicted molar refractivity (Wildman–Crippen MR) is 134 cm³/mol. The van der Waals surface area contributed by atoms with Gasteiger partial charge in [0.05, 0.1) is 22.6 Å². The van der Waals surface area contributed by atoms with Gasteiger partial charge in [-0.25, -0.2) is 4.98 Å². The number of unbranched alkanes of at least 4 members (excludes halogenated alkanes) is 1. The molecular formula is C26H32BrN3O2. The molecule has 0 saturated carbocycles. The summed E-state index contributed by atoms with van der Waals surface area (Å²) in [6, 6.07) is 14.7. The number of aromatic nitrogens is 2. The average molecular weight is 498 g/mol. The number of amides is 1. The number of nitrogens with zero attached hydrogens (tertiary/aromatic N) is 3. The van der Waals surface area contributed by atoms with Crippen molar-refractivity contribution in [3.8, 4) is 5.69 Å². The first kappa shape index (κ1) is 24.2. The Morgan fingerprint density at radius 2 is 1.78 bits per heavy atom. The number of carbonyl (C=O) groups excluding carboxylic acids is 1. The van der Waals surface area contributed by atoms with Crippen LogP contribution in [0, 0.1) is 5.92 Å². The molecule has 0 radical (unpaired) electrons. The van der Waals surface area contributed by atoms with Crippen LogP contribution in [-0.2, 0) is 4.79 Å². The molecule has 0 bridgehead atoms. The number of fused-ring (bicyclic) bond motifs is 1. The fourth-order valence-corrected chi connectivity index (χ4v) is 4.48. The monoisotopic (exact) mass is 497 g/mol. The van der Waals surface area contributed by atoms with E-state index < -0.39 is 0 Å². The van der Waals surface area contributed by atoms with E-state index in [9.17, 15) is 9.59 Å². The van der Waals surface area contributed by atoms with Crippen molar-refractivity contribution < 1.29 is 4.79 Å². The minimum absolute atomic E-state index is 0.00865. The summed E-state index contributed by atoms with van der Waals surface area (Å²) in [5, 5.41) is 0.565. The third-order valence-corrected chi connectivity index (χ3v) is 6.63. The Bertz CT molecular complexity index is 1120. The van der Waals surface area contributed by atoms with Crippen molar-refractivity contribution in [2.45, 2.75) is 59.4 Å². The fraction of sp³-hybridized carbons (Fsp3) is 0.423. The molecule has 0 aliphatic heterocycles. The van der Waals surface area contributed by atoms with Gasteiger partial charge in [0.1, 0.15) is 5.82 Å². The zero-order valence-corrected chi connectivity index (χ0v) is 20.9. The number of halogens is 1. The molecule has 1 amide bonds. The molecule has 0 fully saturated rings. The largest absolute Gasteiger partial charge is 0.333 e. The third-order valence-electron chi connectivity index (χ3n) is 6.10. The molecule has 3 aromatic rings. The van der Waals surface area contributed by atoms with Gasteiger partial charge in [-0.1, -0.05) is 54.8 Å². The maximum absolute atomic E-state index is 13.6. The minimum atomic E-state index is -0.343. The zero-order chi connectivity index (χ0) is 23.3. The molecule has 2 aromatic carbocycles. The highest BCUT2D eigenvalue weighted by molar-refractivity contribution is 9.10. The van der Waals surface area contributed by atoms with Crippen LogP contribution < -0.4 is 5.56 Å². The highest BCUT2D eigenvalue weighted by atomic mass is 79.9. The summed E-state index contributed by atoms with van der Waals surface area (Å²) >= 11 is 3.47. The van der Waals surface area contributed by atoms with Gasteiger partial charge >= 0.3 is 0 Å². The first-order chi connectivity index (χ1) is 15.4. The van der Waals surface area contributed by atoms with Crippen LogP contribution >= 0.6 is 15.9 Å². The van der Waals surface area contributed by atoms with E-state index in [4.69, 9.17) is 4.98 Å². The summed E-state index contributed by atoms with van der Waals surface area (Å²) in [6.45, 7) is 8.74. The topological polar surface area (TPSA) is 55.2 Å². The van der Waals surface area contributed by atoms with E-state index in [0.29, 0.717) is 23.3 Å². The lowest BCUT2D eigenvalue weighted by Crippen LogP contribution is -2.40. The molecule has 170 valence electrons. The van der Waals surface area contributed by atoms with Gasteiger partial charge < -0.3 is 4.90 Å². The van der Waals surface area contributed by atoms with Crippen molar-refractivity contribution in [1.82, 2.24) is 14.5 Å². The van der Waals surface area contributed by atoms with Gasteiger partial charge in [0.15, 0.2) is 0 Å². The highest BCUT2D eigenvalue weighted by Gasteiger charge is 2.29. The number of benzene rings is 2. The van der Waals surface area contributed by atoms with Crippen LogP contribution in [0.1, 0.15) is 65.2 Å². The maximum Gasteiger partial charge on any atom is 0.266 e. The smallest absolute Gasteiger partial charge is 0.266 e. The van der Waals surface area contributed by atoms with Crippen LogP contribution in [0.2, 0.25) is 0 Å². The molecule has 6 heteroatoms. The standard InChI is InChI=1S/C26H32BrN3O2/c1-5-8-11-19(6-2)25(31)29(7-3)18(4)24-28-23-13-10-9-12-22(23)26(32)30(24)21-16-14-20(27)15-17-21/h9-10,12-19H,5-8,11H2,1-4H3. The zero-order valence-electron chi connectivity index (χ0n) is 19.3. The molecule has 0 N–H and O–H groups in total. The van der Waals surface area contributed by atoms with E-state index in [2.05, 4.69) is 29.8 Å². The Balaban J connectivity index is 2.15. The minimum Gasteiger partial charge on any atom is -0.333 e. The summed E-state index contributed by atoms with van der Waals surface area (Å²) in [5.41, 5.74) is 1.26. The fourth-order valence-electron chi connectivity index (χ4n) is 4.22. The van der Waals surface area contributed by atoms with Crippen LogP contribution in [0.25, 0.3) is 16.6 Å². The number of rotatable bonds is 9. The highest BCUT2D eigenvalue weighted by Crippen LogP contribution is 2.26. The van der Waals surface area contributed by atoms with Crippen LogP contribution in [0.5, 0.6) is 0 Å². The molecule has 1 aromatic heterocycles. The lowest BCUT2D eigenvalue weighted by atomic mass is 9.97. The second kappa shape index (κ2) is 10.9. The summed E-state index contributed by atoms with van der Waals surface area (Å²) in [5.74, 6) is 0.711. The van der Waals surface area contributed by atoms with E-state index in [1.807, 2.05) is 61.2 Å². The first-order valence-corrected chi connectivity index (χ1v) is 12.3. The van der Waals surface area contributed by atoms with Crippen molar-refractivity contribution >= 4 is 32.7 Å². The van der Waals surface area contributed by atoms with Crippen LogP contribution in [-0.4, -0.2) is 26.9 Å². The van der Waals surface area contributed by atoms with Gasteiger partial charge in [-0.05, 0) is 63.1 Å². The Kier molecular flexibility index (Phi) is 8.24. The van der Waals surface area contributed by atoms with Gasteiger partial charge in [-0.3, -0.25) is 14.2 Å². The molecule has 0 aliphatic rings. The normalized spacial score (nSPS) is 13.2. The summed E-state index contributed by atoms with van der Waals surface area (Å²) in [6.07, 6.45) is 3.81. The molecule has 2 unspecified atom stereocenters. The molecule has 3 rings (SSSR count). The van der Waals surface area contributed by atoms with Gasteiger partial charge in [0.2, 0.25) is 5.91 Å². The Hall–Kier alpha value is -2.47. The van der Waals surface area contributed by atoms with Crippen LogP contribution in [0.4, 0.5) is 0 Å². The summed E-state index contributed by atoms with van der Waals surface area (Å²) in [4.78, 5) is 33.8. The first-order valence-electron chi connectivity index (χ1n) is 11.5. The van der Waals surface area contributed by atoms with Gasteiger partial charge in [-0.2, -0.15) is 0 Å². The van der Waals surface area contributed by atoms with Crippen molar-refractivity contribution in [2.24, 2.45) is 5.92 Å². The summed E-state index contributed by atoms with van der Waals surface area (Å²) < 4.78 is 2.59. The number of para-hydroxylation sites is 1. The molecule has 0 aliphatic carbocycles. The van der Waals surface area contributed by atoms with Gasteiger partial charge in [-0.15, -0.1) is 0 Å². The molecule has 1 heterocycles. The second-order valence-electron chi connectivity index (χ2n) is 8.15. The molecule has 32 heavy (non-hydrogen) atoms. The average Bonchev–Trinajstić information content (AvgIpc) is 2.80. The molecule has 2 atom stereocenters. The molecule has 0 spiro atoms. The number of hydrogen-bond acceptors (Lipinski definition) is 3. The third kappa shape index (κ3) is 4.96.